The molecule has 1 heterocycles. The van der Waals surface area contributed by atoms with Gasteiger partial charge >= 0.3 is 0 Å². The number of ether oxygens (including phenoxy) is 1. The number of guanidine groups is 1. The van der Waals surface area contributed by atoms with Crippen LogP contribution in [0.25, 0.3) is 0 Å². The number of carbonyl (C=O) groups is 1. The van der Waals surface area contributed by atoms with Crippen LogP contribution in [0.15, 0.2) is 4.99 Å². The average molecular weight is 268 g/mol. The van der Waals surface area contributed by atoms with Crippen molar-refractivity contribution < 1.29 is 9.53 Å². The van der Waals surface area contributed by atoms with Gasteiger partial charge in [0.15, 0.2) is 5.96 Å². The van der Waals surface area contributed by atoms with Crippen LogP contribution >= 0.6 is 0 Å². The summed E-state index contributed by atoms with van der Waals surface area (Å²) in [6.07, 6.45) is 4.65. The fourth-order valence-electron chi connectivity index (χ4n) is 2.09. The maximum atomic E-state index is 11.4. The van der Waals surface area contributed by atoms with Crippen molar-refractivity contribution in [3.8, 4) is 0 Å². The van der Waals surface area contributed by atoms with Crippen LogP contribution in [-0.2, 0) is 9.53 Å². The Morgan fingerprint density at radius 1 is 1.21 bits per heavy atom. The van der Waals surface area contributed by atoms with E-state index in [9.17, 15) is 4.79 Å². The lowest BCUT2D eigenvalue weighted by Gasteiger charge is -2.15. The van der Waals surface area contributed by atoms with Crippen molar-refractivity contribution in [1.82, 2.24) is 16.0 Å². The van der Waals surface area contributed by atoms with E-state index in [-0.39, 0.29) is 11.8 Å². The fourth-order valence-corrected chi connectivity index (χ4v) is 2.09. The molecule has 0 bridgehead atoms. The number of rotatable bonds is 6. The van der Waals surface area contributed by atoms with Crippen molar-refractivity contribution in [2.24, 2.45) is 10.9 Å². The Morgan fingerprint density at radius 3 is 2.63 bits per heavy atom. The molecule has 1 amide bonds. The van der Waals surface area contributed by atoms with E-state index in [1.54, 1.807) is 7.05 Å². The summed E-state index contributed by atoms with van der Waals surface area (Å²) in [6.45, 7) is 2.97. The molecule has 1 unspecified atom stereocenters. The summed E-state index contributed by atoms with van der Waals surface area (Å²) in [5, 5.41) is 9.32. The second-order valence-corrected chi connectivity index (χ2v) is 5.08. The molecule has 1 aliphatic carbocycles. The highest BCUT2D eigenvalue weighted by Crippen LogP contribution is 2.28. The molecule has 2 rings (SSSR count). The predicted octanol–water partition coefficient (Wildman–Crippen LogP) is -0.143. The number of carbonyl (C=O) groups excluding carboxylic acids is 1. The molecule has 0 radical (unpaired) electrons. The Hall–Kier alpha value is -1.30. The number of aliphatic imine (C=N–C) groups is 1. The molecular weight excluding hydrogens is 244 g/mol. The molecule has 1 atom stereocenters. The van der Waals surface area contributed by atoms with Crippen LogP contribution in [0.3, 0.4) is 0 Å². The number of amides is 1. The van der Waals surface area contributed by atoms with E-state index in [0.717, 1.165) is 44.8 Å². The summed E-state index contributed by atoms with van der Waals surface area (Å²) < 4.78 is 5.54. The first-order chi connectivity index (χ1) is 9.29. The zero-order valence-electron chi connectivity index (χ0n) is 11.6. The smallest absolute Gasteiger partial charge is 0.223 e. The molecule has 1 saturated carbocycles. The second kappa shape index (κ2) is 7.33. The van der Waals surface area contributed by atoms with Gasteiger partial charge in [0.25, 0.3) is 0 Å². The van der Waals surface area contributed by atoms with Gasteiger partial charge in [0.1, 0.15) is 0 Å². The average Bonchev–Trinajstić information content (AvgIpc) is 3.15. The first kappa shape index (κ1) is 14.1. The van der Waals surface area contributed by atoms with E-state index < -0.39 is 0 Å². The summed E-state index contributed by atoms with van der Waals surface area (Å²) in [5.74, 6) is 1.22. The minimum absolute atomic E-state index is 0.184. The Kier molecular flexibility index (Phi) is 5.44. The maximum Gasteiger partial charge on any atom is 0.223 e. The molecule has 6 nitrogen and oxygen atoms in total. The molecule has 19 heavy (non-hydrogen) atoms. The van der Waals surface area contributed by atoms with E-state index in [1.807, 2.05) is 0 Å². The monoisotopic (exact) mass is 268 g/mol. The van der Waals surface area contributed by atoms with Gasteiger partial charge in [-0.3, -0.25) is 9.79 Å². The van der Waals surface area contributed by atoms with Gasteiger partial charge < -0.3 is 20.7 Å². The first-order valence-corrected chi connectivity index (χ1v) is 7.13. The largest absolute Gasteiger partial charge is 0.376 e. The normalized spacial score (nSPS) is 23.2. The summed E-state index contributed by atoms with van der Waals surface area (Å²) in [6, 6.07) is 0. The third-order valence-electron chi connectivity index (χ3n) is 3.41. The molecule has 108 valence electrons. The Balaban J connectivity index is 1.53. The van der Waals surface area contributed by atoms with Crippen molar-refractivity contribution in [3.63, 3.8) is 0 Å². The number of hydrogen-bond donors (Lipinski definition) is 3. The minimum atomic E-state index is 0.184. The Bertz CT molecular complexity index is 323. The molecule has 2 aliphatic rings. The van der Waals surface area contributed by atoms with Gasteiger partial charge in [-0.05, 0) is 25.7 Å². The van der Waals surface area contributed by atoms with Gasteiger partial charge in [-0.2, -0.15) is 0 Å². The van der Waals surface area contributed by atoms with Crippen LogP contribution in [0.4, 0.5) is 0 Å². The van der Waals surface area contributed by atoms with Crippen LogP contribution < -0.4 is 16.0 Å². The van der Waals surface area contributed by atoms with Crippen LogP contribution in [0, 0.1) is 5.92 Å². The molecule has 2 fully saturated rings. The van der Waals surface area contributed by atoms with Gasteiger partial charge in [-0.15, -0.1) is 0 Å². The van der Waals surface area contributed by atoms with Crippen molar-refractivity contribution in [3.05, 3.63) is 0 Å². The lowest BCUT2D eigenvalue weighted by Crippen LogP contribution is -2.44. The van der Waals surface area contributed by atoms with Gasteiger partial charge in [0.05, 0.1) is 6.10 Å². The topological polar surface area (TPSA) is 74.8 Å². The van der Waals surface area contributed by atoms with Crippen LogP contribution in [0.1, 0.15) is 25.7 Å². The van der Waals surface area contributed by atoms with Crippen LogP contribution in [0.5, 0.6) is 0 Å². The van der Waals surface area contributed by atoms with E-state index in [0.29, 0.717) is 19.2 Å². The van der Waals surface area contributed by atoms with Crippen molar-refractivity contribution in [2.75, 3.05) is 33.3 Å². The molecule has 0 spiro atoms. The minimum Gasteiger partial charge on any atom is -0.376 e. The van der Waals surface area contributed by atoms with Crippen LogP contribution in [-0.4, -0.2) is 51.3 Å². The summed E-state index contributed by atoms with van der Waals surface area (Å²) in [7, 11) is 1.74. The third kappa shape index (κ3) is 5.06. The van der Waals surface area contributed by atoms with Gasteiger partial charge in [-0.25, -0.2) is 0 Å². The number of hydrogen-bond acceptors (Lipinski definition) is 3. The molecule has 0 aromatic rings. The van der Waals surface area contributed by atoms with E-state index >= 15 is 0 Å². The van der Waals surface area contributed by atoms with Crippen molar-refractivity contribution in [2.45, 2.75) is 31.8 Å². The zero-order chi connectivity index (χ0) is 13.5. The number of nitrogens with zero attached hydrogens (tertiary/aromatic N) is 1. The van der Waals surface area contributed by atoms with Crippen molar-refractivity contribution >= 4 is 11.9 Å². The lowest BCUT2D eigenvalue weighted by molar-refractivity contribution is -0.122. The standard InChI is InChI=1S/C13H24N4O2/c1-14-13(17-9-11-3-2-8-19-11)16-7-6-15-12(18)10-4-5-10/h10-11H,2-9H2,1H3,(H,15,18)(H2,14,16,17). The van der Waals surface area contributed by atoms with Gasteiger partial charge in [-0.1, -0.05) is 0 Å². The second-order valence-electron chi connectivity index (χ2n) is 5.08. The molecule has 1 aliphatic heterocycles. The Morgan fingerprint density at radius 2 is 2.00 bits per heavy atom. The molecule has 0 aromatic heterocycles. The first-order valence-electron chi connectivity index (χ1n) is 7.13. The van der Waals surface area contributed by atoms with Crippen LogP contribution in [0.2, 0.25) is 0 Å². The molecular formula is C13H24N4O2. The van der Waals surface area contributed by atoms with Crippen molar-refractivity contribution in [1.29, 1.82) is 0 Å². The molecule has 1 saturated heterocycles. The highest BCUT2D eigenvalue weighted by molar-refractivity contribution is 5.81. The highest BCUT2D eigenvalue weighted by atomic mass is 16.5. The lowest BCUT2D eigenvalue weighted by atomic mass is 10.2. The fraction of sp³-hybridized carbons (Fsp3) is 0.846. The highest BCUT2D eigenvalue weighted by Gasteiger charge is 2.28. The summed E-state index contributed by atoms with van der Waals surface area (Å²) >= 11 is 0. The summed E-state index contributed by atoms with van der Waals surface area (Å²) in [5.41, 5.74) is 0. The maximum absolute atomic E-state index is 11.4. The number of nitrogens with one attached hydrogen (secondary N) is 3. The molecule has 0 aromatic carbocycles. The molecule has 3 N–H and O–H groups in total. The SMILES string of the molecule is CN=C(NCCNC(=O)C1CC1)NCC1CCCO1. The van der Waals surface area contributed by atoms with Gasteiger partial charge in [0.2, 0.25) is 5.91 Å². The van der Waals surface area contributed by atoms with E-state index in [1.165, 1.54) is 0 Å². The predicted molar refractivity (Wildman–Crippen MR) is 74.1 cm³/mol. The quantitative estimate of drug-likeness (QED) is 0.356. The third-order valence-corrected chi connectivity index (χ3v) is 3.41. The van der Waals surface area contributed by atoms with E-state index in [2.05, 4.69) is 20.9 Å². The Labute approximate surface area is 114 Å². The summed E-state index contributed by atoms with van der Waals surface area (Å²) in [4.78, 5) is 15.6. The van der Waals surface area contributed by atoms with Gasteiger partial charge in [0, 0.05) is 39.2 Å². The van der Waals surface area contributed by atoms with E-state index in [4.69, 9.17) is 4.74 Å². The molecule has 6 heteroatoms. The zero-order valence-corrected chi connectivity index (χ0v) is 11.6.